The zero-order valence-corrected chi connectivity index (χ0v) is 34.1. The molecule has 3 amide bonds. The van der Waals surface area contributed by atoms with E-state index in [1.807, 2.05) is 27.7 Å². The van der Waals surface area contributed by atoms with Gasteiger partial charge in [0.2, 0.25) is 11.9 Å². The summed E-state index contributed by atoms with van der Waals surface area (Å²) >= 11 is 0. The molecule has 2 N–H and O–H groups in total. The highest BCUT2D eigenvalue weighted by atomic mass is 16.6. The van der Waals surface area contributed by atoms with E-state index in [9.17, 15) is 14.4 Å². The molecule has 0 bridgehead atoms. The molecule has 1 unspecified atom stereocenters. The Morgan fingerprint density at radius 1 is 1.00 bits per heavy atom. The van der Waals surface area contributed by atoms with Gasteiger partial charge in [-0.05, 0) is 81.9 Å². The van der Waals surface area contributed by atoms with Crippen molar-refractivity contribution < 1.29 is 28.6 Å². The van der Waals surface area contributed by atoms with Crippen molar-refractivity contribution in [3.05, 3.63) is 30.0 Å². The highest BCUT2D eigenvalue weighted by molar-refractivity contribution is 6.04. The number of aromatic nitrogens is 2. The molecule has 53 heavy (non-hydrogen) atoms. The number of likely N-dealkylation sites (N-methyl/N-ethyl adjacent to an activating group) is 1. The van der Waals surface area contributed by atoms with Crippen molar-refractivity contribution >= 4 is 41.0 Å². The maximum absolute atomic E-state index is 13.4. The van der Waals surface area contributed by atoms with Gasteiger partial charge in [-0.15, -0.1) is 0 Å². The lowest BCUT2D eigenvalue weighted by Crippen LogP contribution is -2.56. The highest BCUT2D eigenvalue weighted by Gasteiger charge is 2.41. The molecule has 0 spiro atoms. The first-order valence-corrected chi connectivity index (χ1v) is 19.1. The smallest absolute Gasteiger partial charge is 0.410 e. The van der Waals surface area contributed by atoms with Crippen LogP contribution in [0.3, 0.4) is 0 Å². The number of carbonyl (C=O) groups is 3. The third-order valence-electron chi connectivity index (χ3n) is 11.0. The SMILES string of the molecule is CCC(CC)N1c2nc(Nc3ccc(C(=O)NCC(C)(C)C(C)(C)COC4CCN(C(=O)OC(C)(C)C)CC4)cc3OC)ncc2N(C)C(=O)C1CC. The summed E-state index contributed by atoms with van der Waals surface area (Å²) in [4.78, 5) is 54.2. The van der Waals surface area contributed by atoms with Crippen LogP contribution in [0, 0.1) is 10.8 Å². The lowest BCUT2D eigenvalue weighted by Gasteiger charge is -2.44. The molecule has 0 saturated carbocycles. The fourth-order valence-electron chi connectivity index (χ4n) is 6.69. The minimum atomic E-state index is -0.517. The van der Waals surface area contributed by atoms with Crippen LogP contribution < -0.4 is 25.2 Å². The maximum Gasteiger partial charge on any atom is 0.410 e. The molecule has 0 radical (unpaired) electrons. The molecular weight excluding hydrogens is 674 g/mol. The van der Waals surface area contributed by atoms with Crippen LogP contribution in [-0.4, -0.2) is 97.0 Å². The maximum atomic E-state index is 13.4. The average molecular weight is 738 g/mol. The van der Waals surface area contributed by atoms with E-state index in [0.717, 1.165) is 31.5 Å². The van der Waals surface area contributed by atoms with E-state index >= 15 is 0 Å². The van der Waals surface area contributed by atoms with Crippen LogP contribution >= 0.6 is 0 Å². The minimum absolute atomic E-state index is 0.0426. The Bertz CT molecular complexity index is 1590. The molecular formula is C40H63N7O6. The lowest BCUT2D eigenvalue weighted by molar-refractivity contribution is -0.120. The monoisotopic (exact) mass is 737 g/mol. The number of amides is 3. The van der Waals surface area contributed by atoms with Crippen molar-refractivity contribution in [2.75, 3.05) is 55.5 Å². The number of methoxy groups -OCH3 is 1. The van der Waals surface area contributed by atoms with Gasteiger partial charge in [0.1, 0.15) is 23.1 Å². The van der Waals surface area contributed by atoms with E-state index in [4.69, 9.17) is 19.2 Å². The molecule has 2 aliphatic heterocycles. The van der Waals surface area contributed by atoms with Crippen molar-refractivity contribution in [1.82, 2.24) is 20.2 Å². The van der Waals surface area contributed by atoms with E-state index in [-0.39, 0.29) is 46.9 Å². The summed E-state index contributed by atoms with van der Waals surface area (Å²) in [6, 6.07) is 5.10. The van der Waals surface area contributed by atoms with Crippen molar-refractivity contribution in [2.24, 2.45) is 10.8 Å². The zero-order chi connectivity index (χ0) is 39.3. The number of anilines is 4. The van der Waals surface area contributed by atoms with Crippen molar-refractivity contribution in [3.8, 4) is 5.75 Å². The van der Waals surface area contributed by atoms with Gasteiger partial charge in [0.15, 0.2) is 5.82 Å². The molecule has 1 atom stereocenters. The van der Waals surface area contributed by atoms with E-state index in [1.165, 1.54) is 0 Å². The first kappa shape index (κ1) is 41.6. The molecule has 13 nitrogen and oxygen atoms in total. The number of carbonyl (C=O) groups excluding carboxylic acids is 3. The standard InChI is InChI=1S/C40H63N7O6/c1-13-27(14-2)47-30(15-3)35(49)45(11)31-23-41-36(44-33(31)47)43-29-17-16-26(22-32(29)51-12)34(48)42-24-39(7,8)40(9,10)25-52-28-18-20-46(21-19-28)37(50)53-38(4,5)6/h16-17,22-23,27-28,30H,13-15,18-21,24-25H2,1-12H3,(H,42,48)(H,41,43,44). The highest BCUT2D eigenvalue weighted by Crippen LogP contribution is 2.40. The number of piperidine rings is 1. The molecule has 1 aromatic heterocycles. The number of fused-ring (bicyclic) bond motifs is 1. The lowest BCUT2D eigenvalue weighted by atomic mass is 9.68. The summed E-state index contributed by atoms with van der Waals surface area (Å²) in [6.45, 7) is 22.7. The van der Waals surface area contributed by atoms with Crippen LogP contribution in [-0.2, 0) is 14.3 Å². The second kappa shape index (κ2) is 16.9. The van der Waals surface area contributed by atoms with Crippen molar-refractivity contribution in [1.29, 1.82) is 0 Å². The zero-order valence-electron chi connectivity index (χ0n) is 34.1. The van der Waals surface area contributed by atoms with Gasteiger partial charge in [-0.2, -0.15) is 4.98 Å². The van der Waals surface area contributed by atoms with E-state index in [1.54, 1.807) is 48.4 Å². The van der Waals surface area contributed by atoms with Gasteiger partial charge in [-0.1, -0.05) is 48.5 Å². The number of nitrogens with one attached hydrogen (secondary N) is 2. The van der Waals surface area contributed by atoms with Crippen LogP contribution in [0.5, 0.6) is 5.75 Å². The number of likely N-dealkylation sites (tertiary alicyclic amines) is 1. The number of benzene rings is 1. The van der Waals surface area contributed by atoms with E-state index < -0.39 is 5.60 Å². The second-order valence-corrected chi connectivity index (χ2v) is 16.6. The van der Waals surface area contributed by atoms with E-state index in [0.29, 0.717) is 61.3 Å². The fourth-order valence-corrected chi connectivity index (χ4v) is 6.69. The molecule has 1 aromatic carbocycles. The third-order valence-corrected chi connectivity index (χ3v) is 11.0. The number of nitrogens with zero attached hydrogens (tertiary/aromatic N) is 5. The summed E-state index contributed by atoms with van der Waals surface area (Å²) in [5.74, 6) is 1.40. The van der Waals surface area contributed by atoms with E-state index in [2.05, 4.69) is 62.1 Å². The normalized spacial score (nSPS) is 17.2. The van der Waals surface area contributed by atoms with Crippen LogP contribution in [0.2, 0.25) is 0 Å². The van der Waals surface area contributed by atoms with Crippen molar-refractivity contribution in [2.45, 2.75) is 125 Å². The molecule has 3 heterocycles. The summed E-state index contributed by atoms with van der Waals surface area (Å²) < 4.78 is 17.6. The molecule has 4 rings (SSSR count). The molecule has 0 aliphatic carbocycles. The summed E-state index contributed by atoms with van der Waals surface area (Å²) in [5.41, 5.74) is 0.678. The summed E-state index contributed by atoms with van der Waals surface area (Å²) in [5, 5.41) is 6.41. The number of rotatable bonds is 14. The van der Waals surface area contributed by atoms with Gasteiger partial charge in [-0.25, -0.2) is 9.78 Å². The molecule has 1 saturated heterocycles. The number of hydrogen-bond donors (Lipinski definition) is 2. The van der Waals surface area contributed by atoms with Crippen LogP contribution in [0.25, 0.3) is 0 Å². The van der Waals surface area contributed by atoms with Gasteiger partial charge in [-0.3, -0.25) is 9.59 Å². The molecule has 2 aromatic rings. The number of ether oxygens (including phenoxy) is 3. The van der Waals surface area contributed by atoms with Crippen LogP contribution in [0.4, 0.5) is 27.9 Å². The van der Waals surface area contributed by atoms with Gasteiger partial charge in [0, 0.05) is 38.3 Å². The average Bonchev–Trinajstić information content (AvgIpc) is 3.11. The quantitative estimate of drug-likeness (QED) is 0.205. The summed E-state index contributed by atoms with van der Waals surface area (Å²) in [7, 11) is 3.33. The van der Waals surface area contributed by atoms with Gasteiger partial charge in [0.05, 0.1) is 31.7 Å². The van der Waals surface area contributed by atoms with Gasteiger partial charge >= 0.3 is 6.09 Å². The Morgan fingerprint density at radius 3 is 2.25 bits per heavy atom. The second-order valence-electron chi connectivity index (χ2n) is 16.6. The molecule has 13 heteroatoms. The Hall–Kier alpha value is -4.13. The van der Waals surface area contributed by atoms with Gasteiger partial charge in [0.25, 0.3) is 5.91 Å². The van der Waals surface area contributed by atoms with Crippen LogP contribution in [0.1, 0.15) is 112 Å². The Kier molecular flexibility index (Phi) is 13.3. The Balaban J connectivity index is 1.38. The Labute approximate surface area is 316 Å². The van der Waals surface area contributed by atoms with Crippen molar-refractivity contribution in [3.63, 3.8) is 0 Å². The molecule has 294 valence electrons. The summed E-state index contributed by atoms with van der Waals surface area (Å²) in [6.07, 6.45) is 5.42. The molecule has 2 aliphatic rings. The Morgan fingerprint density at radius 2 is 1.66 bits per heavy atom. The fraction of sp³-hybridized carbons (Fsp3) is 0.675. The molecule has 1 fully saturated rings. The largest absolute Gasteiger partial charge is 0.495 e. The predicted molar refractivity (Wildman–Crippen MR) is 209 cm³/mol. The minimum Gasteiger partial charge on any atom is -0.495 e. The predicted octanol–water partition coefficient (Wildman–Crippen LogP) is 7.18. The van der Waals surface area contributed by atoms with Gasteiger partial charge < -0.3 is 39.5 Å². The number of hydrogen-bond acceptors (Lipinski definition) is 10. The first-order chi connectivity index (χ1) is 24.9. The topological polar surface area (TPSA) is 138 Å². The third kappa shape index (κ3) is 9.71. The van der Waals surface area contributed by atoms with Crippen LogP contribution in [0.15, 0.2) is 24.4 Å². The first-order valence-electron chi connectivity index (χ1n) is 19.1.